The lowest BCUT2D eigenvalue weighted by molar-refractivity contribution is -0.117. The number of hydrogen-bond acceptors (Lipinski definition) is 7. The molecule has 0 atom stereocenters. The zero-order valence-corrected chi connectivity index (χ0v) is 25.0. The van der Waals surface area contributed by atoms with Gasteiger partial charge in [-0.3, -0.25) is 4.90 Å². The van der Waals surface area contributed by atoms with Gasteiger partial charge >= 0.3 is 0 Å². The topological polar surface area (TPSA) is 71.5 Å². The van der Waals surface area contributed by atoms with E-state index >= 15 is 0 Å². The number of likely N-dealkylation sites (N-methyl/N-ethyl adjacent to an activating group) is 1. The maximum atomic E-state index is 10.7. The Balaban J connectivity index is 0.000000285. The van der Waals surface area contributed by atoms with Crippen LogP contribution in [0, 0.1) is 0 Å². The number of carbonyl (C=O) groups excluding carboxylic acids is 1. The molecule has 222 valence electrons. The van der Waals surface area contributed by atoms with Crippen molar-refractivity contribution in [2.45, 2.75) is 69.1 Å². The van der Waals surface area contributed by atoms with E-state index in [0.717, 1.165) is 62.4 Å². The molecule has 1 saturated heterocycles. The summed E-state index contributed by atoms with van der Waals surface area (Å²) >= 11 is 0. The van der Waals surface area contributed by atoms with Gasteiger partial charge in [-0.25, -0.2) is 0 Å². The zero-order chi connectivity index (χ0) is 28.8. The van der Waals surface area contributed by atoms with Crippen LogP contribution in [0.5, 0.6) is 5.75 Å². The molecule has 2 fully saturated rings. The number of phenols is 1. The third-order valence-corrected chi connectivity index (χ3v) is 8.57. The fourth-order valence-corrected chi connectivity index (χ4v) is 5.99. The smallest absolute Gasteiger partial charge is 0.169 e. The Hall–Kier alpha value is -2.29. The SMILES string of the molecule is CN1CCC(c2ccccc2)(c2cc(CCOCCC=O)ccc2O)CC1.COC(CN(C)C1CCCC1)OC. The summed E-state index contributed by atoms with van der Waals surface area (Å²) in [5, 5.41) is 10.7. The molecule has 1 aliphatic carbocycles. The summed E-state index contributed by atoms with van der Waals surface area (Å²) in [4.78, 5) is 15.1. The lowest BCUT2D eigenvalue weighted by Crippen LogP contribution is -2.41. The minimum absolute atomic E-state index is 0.0781. The van der Waals surface area contributed by atoms with E-state index in [0.29, 0.717) is 25.4 Å². The van der Waals surface area contributed by atoms with Gasteiger partial charge in [0.1, 0.15) is 12.0 Å². The predicted octanol–water partition coefficient (Wildman–Crippen LogP) is 5.03. The van der Waals surface area contributed by atoms with Gasteiger partial charge in [0.2, 0.25) is 0 Å². The third-order valence-electron chi connectivity index (χ3n) is 8.57. The van der Waals surface area contributed by atoms with Crippen LogP contribution in [-0.2, 0) is 30.8 Å². The highest BCUT2D eigenvalue weighted by Crippen LogP contribution is 2.45. The van der Waals surface area contributed by atoms with E-state index in [2.05, 4.69) is 54.2 Å². The Morgan fingerprint density at radius 1 is 1.05 bits per heavy atom. The third kappa shape index (κ3) is 9.11. The molecular formula is C33H50N2O5. The largest absolute Gasteiger partial charge is 0.508 e. The number of methoxy groups -OCH3 is 2. The fraction of sp³-hybridized carbons (Fsp3) is 0.606. The molecule has 1 heterocycles. The molecule has 1 saturated carbocycles. The average Bonchev–Trinajstić information content (AvgIpc) is 3.54. The second-order valence-electron chi connectivity index (χ2n) is 11.2. The van der Waals surface area contributed by atoms with Crippen LogP contribution in [-0.4, -0.2) is 94.7 Å². The lowest BCUT2D eigenvalue weighted by Gasteiger charge is -2.42. The van der Waals surface area contributed by atoms with Crippen LogP contribution >= 0.6 is 0 Å². The predicted molar refractivity (Wildman–Crippen MR) is 160 cm³/mol. The van der Waals surface area contributed by atoms with Gasteiger partial charge in [0, 0.05) is 44.2 Å². The Bertz CT molecular complexity index is 984. The number of aromatic hydroxyl groups is 1. The van der Waals surface area contributed by atoms with Crippen molar-refractivity contribution in [3.8, 4) is 5.75 Å². The van der Waals surface area contributed by atoms with E-state index in [4.69, 9.17) is 14.2 Å². The number of likely N-dealkylation sites (tertiary alicyclic amines) is 1. The summed E-state index contributed by atoms with van der Waals surface area (Å²) in [7, 11) is 7.69. The number of piperidine rings is 1. The molecule has 0 unspecified atom stereocenters. The highest BCUT2D eigenvalue weighted by atomic mass is 16.7. The summed E-state index contributed by atoms with van der Waals surface area (Å²) < 4.78 is 15.8. The molecule has 2 aliphatic rings. The highest BCUT2D eigenvalue weighted by molar-refractivity contribution is 5.49. The van der Waals surface area contributed by atoms with Crippen molar-refractivity contribution >= 4 is 6.29 Å². The first-order valence-corrected chi connectivity index (χ1v) is 14.8. The average molecular weight is 555 g/mol. The van der Waals surface area contributed by atoms with Crippen molar-refractivity contribution in [1.29, 1.82) is 0 Å². The zero-order valence-electron chi connectivity index (χ0n) is 25.0. The van der Waals surface area contributed by atoms with Gasteiger partial charge < -0.3 is 29.0 Å². The van der Waals surface area contributed by atoms with Gasteiger partial charge in [0.15, 0.2) is 6.29 Å². The molecule has 0 radical (unpaired) electrons. The molecule has 40 heavy (non-hydrogen) atoms. The Morgan fingerprint density at radius 3 is 2.35 bits per heavy atom. The second-order valence-corrected chi connectivity index (χ2v) is 11.2. The number of benzene rings is 2. The molecule has 0 bridgehead atoms. The summed E-state index contributed by atoms with van der Waals surface area (Å²) in [6.45, 7) is 3.94. The molecular weight excluding hydrogens is 504 g/mol. The van der Waals surface area contributed by atoms with Crippen molar-refractivity contribution < 1.29 is 24.1 Å². The number of hydrogen-bond donors (Lipinski definition) is 1. The first-order valence-electron chi connectivity index (χ1n) is 14.8. The summed E-state index contributed by atoms with van der Waals surface area (Å²) in [5.74, 6) is 0.369. The monoisotopic (exact) mass is 554 g/mol. The molecule has 0 aromatic heterocycles. The van der Waals surface area contributed by atoms with E-state index in [1.165, 1.54) is 31.2 Å². The van der Waals surface area contributed by atoms with Gasteiger partial charge in [-0.05, 0) is 76.5 Å². The molecule has 2 aromatic carbocycles. The number of aldehydes is 1. The van der Waals surface area contributed by atoms with Crippen molar-refractivity contribution in [2.75, 3.05) is 61.2 Å². The molecule has 0 spiro atoms. The number of ether oxygens (including phenoxy) is 3. The molecule has 0 amide bonds. The lowest BCUT2D eigenvalue weighted by atomic mass is 9.67. The Kier molecular flexibility index (Phi) is 13.6. The quantitative estimate of drug-likeness (QED) is 0.212. The van der Waals surface area contributed by atoms with Crippen LogP contribution in [0.4, 0.5) is 0 Å². The van der Waals surface area contributed by atoms with Crippen molar-refractivity contribution in [3.63, 3.8) is 0 Å². The van der Waals surface area contributed by atoms with E-state index < -0.39 is 0 Å². The van der Waals surface area contributed by atoms with E-state index in [9.17, 15) is 9.90 Å². The molecule has 2 aromatic rings. The van der Waals surface area contributed by atoms with Gasteiger partial charge in [0.25, 0.3) is 0 Å². The molecule has 4 rings (SSSR count). The second kappa shape index (κ2) is 16.8. The standard InChI is InChI=1S/C23H29NO3.C10H21NO2/c1-24-13-11-23(12-14-24,20-6-3-2-4-7-20)21-18-19(8-9-22(21)26)10-17-27-16-5-15-25;1-11(8-10(12-2)13-3)9-6-4-5-7-9/h2-4,6-9,15,18,26H,5,10-14,16-17H2,1H3;9-10H,4-8H2,1-3H3. The normalized spacial score (nSPS) is 17.6. The minimum Gasteiger partial charge on any atom is -0.508 e. The van der Waals surface area contributed by atoms with Crippen LogP contribution in [0.15, 0.2) is 48.5 Å². The van der Waals surface area contributed by atoms with Gasteiger partial charge in [0.05, 0.1) is 13.2 Å². The fourth-order valence-electron chi connectivity index (χ4n) is 5.99. The summed E-state index contributed by atoms with van der Waals surface area (Å²) in [6, 6.07) is 17.2. The van der Waals surface area contributed by atoms with Gasteiger partial charge in [-0.2, -0.15) is 0 Å². The van der Waals surface area contributed by atoms with Gasteiger partial charge in [-0.15, -0.1) is 0 Å². The maximum Gasteiger partial charge on any atom is 0.169 e. The van der Waals surface area contributed by atoms with E-state index in [1.54, 1.807) is 14.2 Å². The highest BCUT2D eigenvalue weighted by Gasteiger charge is 2.39. The van der Waals surface area contributed by atoms with Crippen LogP contribution in [0.25, 0.3) is 0 Å². The summed E-state index contributed by atoms with van der Waals surface area (Å²) in [5.41, 5.74) is 3.29. The first kappa shape index (κ1) is 32.2. The molecule has 7 heteroatoms. The molecule has 1 N–H and O–H groups in total. The van der Waals surface area contributed by atoms with Gasteiger partial charge in [-0.1, -0.05) is 55.3 Å². The number of carbonyl (C=O) groups is 1. The molecule has 7 nitrogen and oxygen atoms in total. The maximum absolute atomic E-state index is 10.7. The number of rotatable bonds is 13. The van der Waals surface area contributed by atoms with E-state index in [-0.39, 0.29) is 11.7 Å². The Morgan fingerprint density at radius 2 is 1.73 bits per heavy atom. The van der Waals surface area contributed by atoms with E-state index in [1.807, 2.05) is 18.2 Å². The Labute approximate surface area is 241 Å². The van der Waals surface area contributed by atoms with Crippen LogP contribution in [0.1, 0.15) is 61.6 Å². The van der Waals surface area contributed by atoms with Crippen molar-refractivity contribution in [3.05, 3.63) is 65.2 Å². The van der Waals surface area contributed by atoms with Crippen LogP contribution in [0.2, 0.25) is 0 Å². The van der Waals surface area contributed by atoms with Crippen LogP contribution in [0.3, 0.4) is 0 Å². The number of phenolic OH excluding ortho intramolecular Hbond substituents is 1. The summed E-state index contributed by atoms with van der Waals surface area (Å²) in [6.07, 6.45) is 9.39. The number of nitrogens with zero attached hydrogens (tertiary/aromatic N) is 2. The van der Waals surface area contributed by atoms with Crippen LogP contribution < -0.4 is 0 Å². The van der Waals surface area contributed by atoms with Crippen molar-refractivity contribution in [1.82, 2.24) is 9.80 Å². The minimum atomic E-state index is -0.160. The first-order chi connectivity index (χ1) is 19.4. The molecule has 1 aliphatic heterocycles. The van der Waals surface area contributed by atoms with Crippen molar-refractivity contribution in [2.24, 2.45) is 0 Å².